The number of cyclic esters (lactones) is 1. The van der Waals surface area contributed by atoms with Crippen LogP contribution in [-0.4, -0.2) is 22.5 Å². The van der Waals surface area contributed by atoms with E-state index >= 15 is 0 Å². The summed E-state index contributed by atoms with van der Waals surface area (Å²) in [5.74, 6) is -0.834. The summed E-state index contributed by atoms with van der Waals surface area (Å²) in [6.45, 7) is 1.62. The van der Waals surface area contributed by atoms with Crippen LogP contribution in [0.1, 0.15) is 22.8 Å². The highest BCUT2D eigenvalue weighted by atomic mass is 16.6. The summed E-state index contributed by atoms with van der Waals surface area (Å²) in [6, 6.07) is 10.6. The summed E-state index contributed by atoms with van der Waals surface area (Å²) in [6.07, 6.45) is 3.51. The van der Waals surface area contributed by atoms with Gasteiger partial charge in [0.2, 0.25) is 0 Å². The number of pyridine rings is 1. The monoisotopic (exact) mass is 282 g/mol. The van der Waals surface area contributed by atoms with Crippen LogP contribution in [0.15, 0.2) is 48.8 Å². The molecule has 0 fully saturated rings. The van der Waals surface area contributed by atoms with Gasteiger partial charge >= 0.3 is 5.97 Å². The fourth-order valence-electron chi connectivity index (χ4n) is 2.36. The molecule has 0 saturated carbocycles. The van der Waals surface area contributed by atoms with E-state index in [1.807, 2.05) is 12.1 Å². The van der Waals surface area contributed by atoms with Gasteiger partial charge in [0.05, 0.1) is 17.4 Å². The first-order valence-electron chi connectivity index (χ1n) is 6.61. The molecule has 2 heterocycles. The van der Waals surface area contributed by atoms with Crippen LogP contribution in [0.3, 0.4) is 0 Å². The third-order valence-corrected chi connectivity index (χ3v) is 3.48. The number of hydrogen-bond donors (Lipinski definition) is 1. The molecule has 1 unspecified atom stereocenters. The maximum Gasteiger partial charge on any atom is 0.339 e. The SMILES string of the molecule is CC1(C(=O)Nc2cccnc2)Cc2ccccc2C(=O)O1. The Labute approximate surface area is 122 Å². The third-order valence-electron chi connectivity index (χ3n) is 3.48. The summed E-state index contributed by atoms with van der Waals surface area (Å²) in [7, 11) is 0. The van der Waals surface area contributed by atoms with E-state index in [0.717, 1.165) is 5.56 Å². The van der Waals surface area contributed by atoms with Crippen LogP contribution in [0.5, 0.6) is 0 Å². The molecule has 0 aliphatic carbocycles. The summed E-state index contributed by atoms with van der Waals surface area (Å²) in [4.78, 5) is 28.4. The lowest BCUT2D eigenvalue weighted by Crippen LogP contribution is -2.48. The molecule has 0 bridgehead atoms. The molecule has 2 aromatic rings. The van der Waals surface area contributed by atoms with E-state index in [2.05, 4.69) is 10.3 Å². The maximum atomic E-state index is 12.4. The van der Waals surface area contributed by atoms with Crippen molar-refractivity contribution in [3.63, 3.8) is 0 Å². The summed E-state index contributed by atoms with van der Waals surface area (Å²) in [5.41, 5.74) is 0.682. The number of rotatable bonds is 2. The fraction of sp³-hybridized carbons (Fsp3) is 0.188. The number of anilines is 1. The maximum absolute atomic E-state index is 12.4. The number of ether oxygens (including phenoxy) is 1. The Morgan fingerprint density at radius 2 is 2.10 bits per heavy atom. The first-order chi connectivity index (χ1) is 10.1. The molecule has 1 aliphatic rings. The van der Waals surface area contributed by atoms with E-state index < -0.39 is 11.6 Å². The highest BCUT2D eigenvalue weighted by molar-refractivity contribution is 6.02. The summed E-state index contributed by atoms with van der Waals surface area (Å²) >= 11 is 0. The second-order valence-electron chi connectivity index (χ2n) is 5.15. The number of nitrogens with zero attached hydrogens (tertiary/aromatic N) is 1. The van der Waals surface area contributed by atoms with Crippen LogP contribution >= 0.6 is 0 Å². The van der Waals surface area contributed by atoms with E-state index in [-0.39, 0.29) is 5.91 Å². The van der Waals surface area contributed by atoms with Crippen molar-refractivity contribution < 1.29 is 14.3 Å². The lowest BCUT2D eigenvalue weighted by molar-refractivity contribution is -0.134. The largest absolute Gasteiger partial charge is 0.445 e. The molecule has 3 rings (SSSR count). The van der Waals surface area contributed by atoms with Crippen molar-refractivity contribution in [2.24, 2.45) is 0 Å². The molecule has 21 heavy (non-hydrogen) atoms. The quantitative estimate of drug-likeness (QED) is 0.857. The number of esters is 1. The lowest BCUT2D eigenvalue weighted by atomic mass is 9.89. The van der Waals surface area contributed by atoms with Crippen LogP contribution in [0.2, 0.25) is 0 Å². The second-order valence-corrected chi connectivity index (χ2v) is 5.15. The number of carbonyl (C=O) groups excluding carboxylic acids is 2. The van der Waals surface area contributed by atoms with E-state index in [1.165, 1.54) is 0 Å². The molecule has 1 atom stereocenters. The predicted molar refractivity (Wildman–Crippen MR) is 76.8 cm³/mol. The van der Waals surface area contributed by atoms with Gasteiger partial charge in [-0.1, -0.05) is 18.2 Å². The number of fused-ring (bicyclic) bond motifs is 1. The van der Waals surface area contributed by atoms with Crippen LogP contribution in [0.25, 0.3) is 0 Å². The fourth-order valence-corrected chi connectivity index (χ4v) is 2.36. The molecule has 0 radical (unpaired) electrons. The number of aromatic nitrogens is 1. The minimum Gasteiger partial charge on any atom is -0.445 e. The molecular formula is C16H14N2O3. The Balaban J connectivity index is 1.85. The standard InChI is InChI=1S/C16H14N2O3/c1-16(15(20)18-12-6-4-8-17-10-12)9-11-5-2-3-7-13(11)14(19)21-16/h2-8,10H,9H2,1H3,(H,18,20). The smallest absolute Gasteiger partial charge is 0.339 e. The van der Waals surface area contributed by atoms with Gasteiger partial charge in [0, 0.05) is 12.6 Å². The normalized spacial score (nSPS) is 20.3. The summed E-state index contributed by atoms with van der Waals surface area (Å²) in [5, 5.41) is 2.72. The van der Waals surface area contributed by atoms with Crippen molar-refractivity contribution in [2.75, 3.05) is 5.32 Å². The van der Waals surface area contributed by atoms with Gasteiger partial charge in [-0.3, -0.25) is 9.78 Å². The number of nitrogens with one attached hydrogen (secondary N) is 1. The van der Waals surface area contributed by atoms with Crippen molar-refractivity contribution in [3.05, 3.63) is 59.9 Å². The molecule has 106 valence electrons. The van der Waals surface area contributed by atoms with Gasteiger partial charge in [-0.25, -0.2) is 4.79 Å². The predicted octanol–water partition coefficient (Wildman–Crippen LogP) is 2.19. The topological polar surface area (TPSA) is 68.3 Å². The molecule has 1 aromatic heterocycles. The zero-order valence-electron chi connectivity index (χ0n) is 11.5. The van der Waals surface area contributed by atoms with Gasteiger partial charge in [0.15, 0.2) is 5.60 Å². The van der Waals surface area contributed by atoms with E-state index in [9.17, 15) is 9.59 Å². The zero-order valence-corrected chi connectivity index (χ0v) is 11.5. The van der Waals surface area contributed by atoms with E-state index in [4.69, 9.17) is 4.74 Å². The highest BCUT2D eigenvalue weighted by Crippen LogP contribution is 2.29. The molecule has 1 N–H and O–H groups in total. The van der Waals surface area contributed by atoms with Crippen LogP contribution in [0.4, 0.5) is 5.69 Å². The lowest BCUT2D eigenvalue weighted by Gasteiger charge is -2.32. The second kappa shape index (κ2) is 5.01. The van der Waals surface area contributed by atoms with Gasteiger partial charge in [-0.2, -0.15) is 0 Å². The molecular weight excluding hydrogens is 268 g/mol. The average molecular weight is 282 g/mol. The molecule has 1 amide bonds. The number of benzene rings is 1. The number of amides is 1. The molecule has 0 spiro atoms. The van der Waals surface area contributed by atoms with Crippen molar-refractivity contribution in [1.82, 2.24) is 4.98 Å². The van der Waals surface area contributed by atoms with Crippen LogP contribution in [-0.2, 0) is 16.0 Å². The average Bonchev–Trinajstić information content (AvgIpc) is 2.48. The van der Waals surface area contributed by atoms with E-state index in [1.54, 1.807) is 43.6 Å². The minimum absolute atomic E-state index is 0.348. The van der Waals surface area contributed by atoms with E-state index in [0.29, 0.717) is 17.7 Å². The van der Waals surface area contributed by atoms with Gasteiger partial charge in [-0.05, 0) is 30.7 Å². The summed E-state index contributed by atoms with van der Waals surface area (Å²) < 4.78 is 5.36. The molecule has 1 aromatic carbocycles. The number of carbonyl (C=O) groups is 2. The molecule has 0 saturated heterocycles. The van der Waals surface area contributed by atoms with Crippen LogP contribution < -0.4 is 5.32 Å². The minimum atomic E-state index is -1.22. The van der Waals surface area contributed by atoms with Crippen molar-refractivity contribution in [2.45, 2.75) is 18.9 Å². The Morgan fingerprint density at radius 3 is 2.86 bits per heavy atom. The van der Waals surface area contributed by atoms with Gasteiger partial charge < -0.3 is 10.1 Å². The molecule has 5 nitrogen and oxygen atoms in total. The molecule has 1 aliphatic heterocycles. The highest BCUT2D eigenvalue weighted by Gasteiger charge is 2.42. The third kappa shape index (κ3) is 2.50. The molecule has 5 heteroatoms. The van der Waals surface area contributed by atoms with Crippen LogP contribution in [0, 0.1) is 0 Å². The Bertz CT molecular complexity index is 700. The van der Waals surface area contributed by atoms with Crippen molar-refractivity contribution in [1.29, 1.82) is 0 Å². The first kappa shape index (κ1) is 13.3. The zero-order chi connectivity index (χ0) is 14.9. The Hall–Kier alpha value is -2.69. The number of hydrogen-bond acceptors (Lipinski definition) is 4. The van der Waals surface area contributed by atoms with Crippen molar-refractivity contribution >= 4 is 17.6 Å². The first-order valence-corrected chi connectivity index (χ1v) is 6.61. The van der Waals surface area contributed by atoms with Gasteiger partial charge in [0.1, 0.15) is 0 Å². The Morgan fingerprint density at radius 1 is 1.29 bits per heavy atom. The van der Waals surface area contributed by atoms with Gasteiger partial charge in [0.25, 0.3) is 5.91 Å². The van der Waals surface area contributed by atoms with Crippen molar-refractivity contribution in [3.8, 4) is 0 Å². The Kier molecular flexibility index (Phi) is 3.17. The van der Waals surface area contributed by atoms with Gasteiger partial charge in [-0.15, -0.1) is 0 Å².